The molecule has 0 bridgehead atoms. The molecule has 2 atom stereocenters. The topological polar surface area (TPSA) is 102 Å². The average molecular weight is 618 g/mol. The maximum atomic E-state index is 16.2. The van der Waals surface area contributed by atoms with Gasteiger partial charge in [0.25, 0.3) is 5.56 Å². The van der Waals surface area contributed by atoms with Crippen LogP contribution in [0.1, 0.15) is 54.5 Å². The Kier molecular flexibility index (Phi) is 7.57. The van der Waals surface area contributed by atoms with Crippen LogP contribution in [0.3, 0.4) is 0 Å². The smallest absolute Gasteiger partial charge is 0.274 e. The molecular formula is C30H27ClF3N3O4S. The maximum absolute atomic E-state index is 16.2. The highest BCUT2D eigenvalue weighted by molar-refractivity contribution is 7.91. The second-order valence-electron chi connectivity index (χ2n) is 11.2. The van der Waals surface area contributed by atoms with Crippen molar-refractivity contribution in [2.45, 2.75) is 56.4 Å². The largest absolute Gasteiger partial charge is 0.389 e. The van der Waals surface area contributed by atoms with Gasteiger partial charge in [-0.25, -0.2) is 21.6 Å². The van der Waals surface area contributed by atoms with Gasteiger partial charge in [0.2, 0.25) is 0 Å². The van der Waals surface area contributed by atoms with Crippen LogP contribution < -0.4 is 5.56 Å². The van der Waals surface area contributed by atoms with Crippen LogP contribution in [0.4, 0.5) is 13.2 Å². The van der Waals surface area contributed by atoms with E-state index in [2.05, 4.69) is 9.97 Å². The quantitative estimate of drug-likeness (QED) is 0.281. The number of nitrogens with zero attached hydrogens (tertiary/aromatic N) is 3. The van der Waals surface area contributed by atoms with Gasteiger partial charge in [-0.2, -0.15) is 0 Å². The average Bonchev–Trinajstić information content (AvgIpc) is 3.68. The lowest BCUT2D eigenvalue weighted by molar-refractivity contribution is 0.105. The van der Waals surface area contributed by atoms with Crippen molar-refractivity contribution in [3.8, 4) is 16.9 Å². The number of aryl methyl sites for hydroxylation is 2. The number of aromatic nitrogens is 3. The number of aliphatic hydroxyl groups is 1. The van der Waals surface area contributed by atoms with Crippen LogP contribution >= 0.6 is 11.6 Å². The molecule has 1 saturated carbocycles. The fourth-order valence-corrected chi connectivity index (χ4v) is 7.36. The molecule has 220 valence electrons. The first-order valence-electron chi connectivity index (χ1n) is 13.0. The summed E-state index contributed by atoms with van der Waals surface area (Å²) in [5.41, 5.74) is -1.63. The first-order valence-corrected chi connectivity index (χ1v) is 15.1. The Balaban J connectivity index is 1.59. The zero-order valence-corrected chi connectivity index (χ0v) is 24.7. The zero-order valence-electron chi connectivity index (χ0n) is 23.1. The van der Waals surface area contributed by atoms with E-state index in [1.54, 1.807) is 19.2 Å². The van der Waals surface area contributed by atoms with Gasteiger partial charge < -0.3 is 5.11 Å². The molecule has 7 nitrogen and oxygen atoms in total. The lowest BCUT2D eigenvalue weighted by Gasteiger charge is -2.19. The maximum Gasteiger partial charge on any atom is 0.274 e. The van der Waals surface area contributed by atoms with E-state index in [-0.39, 0.29) is 28.1 Å². The zero-order chi connectivity index (χ0) is 30.7. The summed E-state index contributed by atoms with van der Waals surface area (Å²) in [6, 6.07) is 6.53. The van der Waals surface area contributed by atoms with Crippen molar-refractivity contribution in [3.05, 3.63) is 104 Å². The Bertz CT molecular complexity index is 1910. The second-order valence-corrected chi connectivity index (χ2v) is 13.6. The Morgan fingerprint density at radius 1 is 1.07 bits per heavy atom. The minimum atomic E-state index is -4.29. The van der Waals surface area contributed by atoms with Crippen molar-refractivity contribution in [1.82, 2.24) is 14.5 Å². The van der Waals surface area contributed by atoms with E-state index in [1.165, 1.54) is 45.2 Å². The summed E-state index contributed by atoms with van der Waals surface area (Å²) in [5.74, 6) is -3.72. The molecule has 0 aliphatic heterocycles. The number of rotatable bonds is 7. The van der Waals surface area contributed by atoms with Crippen LogP contribution in [0, 0.1) is 31.3 Å². The highest BCUT2D eigenvalue weighted by Gasteiger charge is 2.42. The third kappa shape index (κ3) is 5.48. The molecule has 42 heavy (non-hydrogen) atoms. The number of hydrogen-bond acceptors (Lipinski definition) is 6. The lowest BCUT2D eigenvalue weighted by atomic mass is 10.0. The van der Waals surface area contributed by atoms with Crippen molar-refractivity contribution >= 4 is 21.4 Å². The van der Waals surface area contributed by atoms with Crippen molar-refractivity contribution in [1.29, 1.82) is 0 Å². The first kappa shape index (κ1) is 29.9. The van der Waals surface area contributed by atoms with E-state index in [0.29, 0.717) is 23.2 Å². The fraction of sp³-hybridized carbons (Fsp3) is 0.300. The standard InChI is InChI=1S/C30H27ClF3N3O4S/c1-15-11-36-27(19-6-5-7-23(25(19)33)42(40,41)14-30(3,4)39)26(34)28(15)37-16(2)8-22(24(31)29(37)38)21-10-20(21)17-9-18(32)13-35-12-17/h5-9,11-13,20-21,39H,10,14H2,1-4H3/t20-,21+/m1/s1. The van der Waals surface area contributed by atoms with Gasteiger partial charge >= 0.3 is 0 Å². The summed E-state index contributed by atoms with van der Waals surface area (Å²) in [4.78, 5) is 20.8. The molecule has 0 unspecified atom stereocenters. The van der Waals surface area contributed by atoms with Gasteiger partial charge in [0.15, 0.2) is 21.5 Å². The normalized spacial score (nSPS) is 17.0. The van der Waals surface area contributed by atoms with Crippen LogP contribution in [0.15, 0.2) is 58.6 Å². The SMILES string of the molecule is Cc1cnc(-c2cccc(S(=O)(=O)CC(C)(C)O)c2F)c(F)c1-n1c(C)cc([C@H]2C[C@@H]2c2cncc(F)c2)c(Cl)c1=O. The van der Waals surface area contributed by atoms with E-state index in [9.17, 15) is 22.7 Å². The van der Waals surface area contributed by atoms with Crippen LogP contribution in [-0.4, -0.2) is 39.4 Å². The van der Waals surface area contributed by atoms with Crippen molar-refractivity contribution in [2.24, 2.45) is 0 Å². The summed E-state index contributed by atoms with van der Waals surface area (Å²) < 4.78 is 72.3. The Morgan fingerprint density at radius 2 is 1.79 bits per heavy atom. The summed E-state index contributed by atoms with van der Waals surface area (Å²) >= 11 is 6.54. The third-order valence-corrected chi connectivity index (χ3v) is 9.65. The first-order chi connectivity index (χ1) is 19.6. The number of halogens is 4. The molecule has 12 heteroatoms. The monoisotopic (exact) mass is 617 g/mol. The van der Waals surface area contributed by atoms with Crippen LogP contribution in [0.2, 0.25) is 5.02 Å². The number of hydrogen-bond donors (Lipinski definition) is 1. The molecule has 0 spiro atoms. The van der Waals surface area contributed by atoms with E-state index in [4.69, 9.17) is 11.6 Å². The van der Waals surface area contributed by atoms with E-state index in [0.717, 1.165) is 16.8 Å². The van der Waals surface area contributed by atoms with Crippen LogP contribution in [0.5, 0.6) is 0 Å². The Morgan fingerprint density at radius 3 is 2.45 bits per heavy atom. The van der Waals surface area contributed by atoms with Gasteiger partial charge in [-0.15, -0.1) is 0 Å². The van der Waals surface area contributed by atoms with Crippen LogP contribution in [-0.2, 0) is 9.84 Å². The summed E-state index contributed by atoms with van der Waals surface area (Å²) in [5, 5.41) is 9.88. The highest BCUT2D eigenvalue weighted by Crippen LogP contribution is 2.55. The molecule has 0 saturated heterocycles. The van der Waals surface area contributed by atoms with Gasteiger partial charge in [-0.3, -0.25) is 19.3 Å². The third-order valence-electron chi connectivity index (χ3n) is 7.20. The van der Waals surface area contributed by atoms with E-state index in [1.807, 2.05) is 0 Å². The molecule has 1 fully saturated rings. The summed E-state index contributed by atoms with van der Waals surface area (Å²) in [6.45, 7) is 5.68. The summed E-state index contributed by atoms with van der Waals surface area (Å²) in [6.07, 6.45) is 4.56. The number of pyridine rings is 3. The fourth-order valence-electron chi connectivity index (χ4n) is 5.32. The van der Waals surface area contributed by atoms with Crippen molar-refractivity contribution in [2.75, 3.05) is 5.75 Å². The van der Waals surface area contributed by atoms with Crippen LogP contribution in [0.25, 0.3) is 16.9 Å². The van der Waals surface area contributed by atoms with Gasteiger partial charge in [-0.05, 0) is 86.9 Å². The number of sulfone groups is 1. The van der Waals surface area contributed by atoms with E-state index < -0.39 is 60.4 Å². The highest BCUT2D eigenvalue weighted by atomic mass is 35.5. The molecule has 4 aromatic rings. The van der Waals surface area contributed by atoms with Crippen molar-refractivity contribution < 1.29 is 26.7 Å². The van der Waals surface area contributed by atoms with Gasteiger partial charge in [0, 0.05) is 23.7 Å². The molecule has 0 amide bonds. The molecule has 5 rings (SSSR count). The van der Waals surface area contributed by atoms with Crippen molar-refractivity contribution in [3.63, 3.8) is 0 Å². The molecule has 0 radical (unpaired) electrons. The minimum absolute atomic E-state index is 0.0747. The predicted molar refractivity (Wildman–Crippen MR) is 152 cm³/mol. The molecule has 1 aliphatic carbocycles. The Labute approximate surface area is 245 Å². The number of benzene rings is 1. The molecule has 3 heterocycles. The predicted octanol–water partition coefficient (Wildman–Crippen LogP) is 5.80. The van der Waals surface area contributed by atoms with E-state index >= 15 is 8.78 Å². The second kappa shape index (κ2) is 10.6. The molecule has 3 aromatic heterocycles. The molecule has 1 aliphatic rings. The molecule has 1 aromatic carbocycles. The molecular weight excluding hydrogens is 591 g/mol. The summed E-state index contributed by atoms with van der Waals surface area (Å²) in [7, 11) is -4.29. The Hall–Kier alpha value is -3.54. The minimum Gasteiger partial charge on any atom is -0.389 e. The molecule has 1 N–H and O–H groups in total. The van der Waals surface area contributed by atoms with Gasteiger partial charge in [-0.1, -0.05) is 17.7 Å². The van der Waals surface area contributed by atoms with Gasteiger partial charge in [0.05, 0.1) is 23.2 Å². The lowest BCUT2D eigenvalue weighted by Crippen LogP contribution is -2.30. The van der Waals surface area contributed by atoms with Gasteiger partial charge in [0.1, 0.15) is 21.4 Å².